The van der Waals surface area contributed by atoms with Crippen molar-refractivity contribution in [3.05, 3.63) is 23.8 Å². The van der Waals surface area contributed by atoms with Gasteiger partial charge in [0.15, 0.2) is 11.9 Å². The van der Waals surface area contributed by atoms with E-state index in [2.05, 4.69) is 6.58 Å². The molecule has 2 bridgehead atoms. The van der Waals surface area contributed by atoms with E-state index in [-0.39, 0.29) is 18.6 Å². The highest BCUT2D eigenvalue weighted by atomic mass is 16.7. The number of aliphatic hydroxyl groups excluding tert-OH is 3. The molecule has 10 atom stereocenters. The van der Waals surface area contributed by atoms with Gasteiger partial charge in [0.05, 0.1) is 12.0 Å². The van der Waals surface area contributed by atoms with Crippen LogP contribution in [0.15, 0.2) is 23.8 Å². The number of ether oxygens (including phenoxy) is 2. The van der Waals surface area contributed by atoms with E-state index in [9.17, 15) is 35.1 Å². The van der Waals surface area contributed by atoms with Crippen LogP contribution < -0.4 is 0 Å². The van der Waals surface area contributed by atoms with E-state index >= 15 is 0 Å². The van der Waals surface area contributed by atoms with Gasteiger partial charge in [-0.2, -0.15) is 0 Å². The molecule has 2 unspecified atom stereocenters. The van der Waals surface area contributed by atoms with Gasteiger partial charge in [-0.1, -0.05) is 19.1 Å². The van der Waals surface area contributed by atoms with Crippen molar-refractivity contribution in [3.63, 3.8) is 0 Å². The van der Waals surface area contributed by atoms with E-state index in [1.807, 2.05) is 0 Å². The molecule has 5 aliphatic rings. The molecule has 0 aromatic carbocycles. The van der Waals surface area contributed by atoms with Crippen LogP contribution >= 0.6 is 0 Å². The molecule has 29 heavy (non-hydrogen) atoms. The van der Waals surface area contributed by atoms with Crippen molar-refractivity contribution in [3.8, 4) is 0 Å². The number of carbonyl (C=O) groups excluding carboxylic acids is 2. The summed E-state index contributed by atoms with van der Waals surface area (Å²) in [5.74, 6) is -5.66. The third-order valence-electron chi connectivity index (χ3n) is 8.44. The molecule has 0 aromatic rings. The van der Waals surface area contributed by atoms with Crippen LogP contribution in [0.2, 0.25) is 0 Å². The fourth-order valence-corrected chi connectivity index (χ4v) is 7.19. The van der Waals surface area contributed by atoms with Gasteiger partial charge in [-0.05, 0) is 30.9 Å². The molecule has 0 aromatic heterocycles. The molecule has 9 nitrogen and oxygen atoms in total. The summed E-state index contributed by atoms with van der Waals surface area (Å²) in [5, 5.41) is 55.7. The summed E-state index contributed by atoms with van der Waals surface area (Å²) in [4.78, 5) is 25.0. The van der Waals surface area contributed by atoms with Crippen LogP contribution in [0.25, 0.3) is 0 Å². The van der Waals surface area contributed by atoms with Crippen LogP contribution in [0.3, 0.4) is 0 Å². The monoisotopic (exact) mass is 408 g/mol. The second-order valence-electron chi connectivity index (χ2n) is 9.38. The van der Waals surface area contributed by atoms with Crippen molar-refractivity contribution in [1.82, 2.24) is 0 Å². The third-order valence-corrected chi connectivity index (χ3v) is 8.44. The zero-order valence-electron chi connectivity index (χ0n) is 16.0. The Labute approximate surface area is 166 Å². The smallest absolute Gasteiger partial charge is 0.338 e. The lowest BCUT2D eigenvalue weighted by atomic mass is 9.37. The first-order valence-electron chi connectivity index (χ1n) is 9.63. The molecule has 9 heteroatoms. The van der Waals surface area contributed by atoms with Gasteiger partial charge in [-0.25, -0.2) is 4.79 Å². The average Bonchev–Trinajstić information content (AvgIpc) is 2.98. The zero-order chi connectivity index (χ0) is 21.3. The highest BCUT2D eigenvalue weighted by molar-refractivity contribution is 5.96. The van der Waals surface area contributed by atoms with Gasteiger partial charge in [0.25, 0.3) is 0 Å². The van der Waals surface area contributed by atoms with E-state index in [1.54, 1.807) is 13.8 Å². The lowest BCUT2D eigenvalue weighted by Gasteiger charge is -2.69. The molecule has 5 N–H and O–H groups in total. The van der Waals surface area contributed by atoms with Crippen molar-refractivity contribution < 1.29 is 44.6 Å². The van der Waals surface area contributed by atoms with Gasteiger partial charge in [0.1, 0.15) is 23.9 Å². The number of rotatable bonds is 0. The molecule has 2 heterocycles. The molecule has 1 spiro atoms. The molecule has 5 rings (SSSR count). The quantitative estimate of drug-likeness (QED) is 0.230. The van der Waals surface area contributed by atoms with E-state index < -0.39 is 70.2 Å². The SMILES string of the molecule is C=C1[C@@H](O)[C@]2(O)OC[C@]34C2[C@]2(C)C(C[C@H]3OC(=O)[C@H](O)[C@@]14O)C(C)=CC(=O)[C@H]2O. The van der Waals surface area contributed by atoms with Crippen LogP contribution in [-0.4, -0.2) is 79.7 Å². The highest BCUT2D eigenvalue weighted by Crippen LogP contribution is 2.74. The minimum atomic E-state index is -2.37. The second-order valence-corrected chi connectivity index (χ2v) is 9.38. The number of allylic oxidation sites excluding steroid dienone is 1. The minimum absolute atomic E-state index is 0.142. The summed E-state index contributed by atoms with van der Waals surface area (Å²) in [6.07, 6.45) is -5.01. The highest BCUT2D eigenvalue weighted by Gasteiger charge is 2.87. The van der Waals surface area contributed by atoms with Gasteiger partial charge in [0, 0.05) is 11.3 Å². The number of ketones is 1. The lowest BCUT2D eigenvalue weighted by Crippen LogP contribution is -2.82. The van der Waals surface area contributed by atoms with E-state index in [0.29, 0.717) is 5.57 Å². The Morgan fingerprint density at radius 2 is 1.79 bits per heavy atom. The number of fused-ring (bicyclic) bond motifs is 1. The van der Waals surface area contributed by atoms with Crippen LogP contribution in [0, 0.1) is 22.7 Å². The summed E-state index contributed by atoms with van der Waals surface area (Å²) >= 11 is 0. The average molecular weight is 408 g/mol. The summed E-state index contributed by atoms with van der Waals surface area (Å²) in [6, 6.07) is 0. The molecule has 158 valence electrons. The molecule has 0 radical (unpaired) electrons. The first-order chi connectivity index (χ1) is 13.4. The number of aliphatic hydroxyl groups is 5. The fraction of sp³-hybridized carbons (Fsp3) is 0.700. The maximum atomic E-state index is 12.5. The maximum absolute atomic E-state index is 12.5. The molecule has 2 aliphatic heterocycles. The number of esters is 1. The van der Waals surface area contributed by atoms with Crippen molar-refractivity contribution in [2.45, 2.75) is 56.1 Å². The Morgan fingerprint density at radius 1 is 1.14 bits per heavy atom. The lowest BCUT2D eigenvalue weighted by molar-refractivity contribution is -0.337. The van der Waals surface area contributed by atoms with Crippen molar-refractivity contribution in [2.75, 3.05) is 6.61 Å². The Balaban J connectivity index is 1.85. The van der Waals surface area contributed by atoms with Crippen molar-refractivity contribution in [1.29, 1.82) is 0 Å². The van der Waals surface area contributed by atoms with Gasteiger partial charge in [-0.15, -0.1) is 0 Å². The van der Waals surface area contributed by atoms with Gasteiger partial charge in [-0.3, -0.25) is 4.79 Å². The van der Waals surface area contributed by atoms with E-state index in [4.69, 9.17) is 9.47 Å². The predicted molar refractivity (Wildman–Crippen MR) is 93.8 cm³/mol. The topological polar surface area (TPSA) is 154 Å². The molecule has 2 saturated carbocycles. The fourth-order valence-electron chi connectivity index (χ4n) is 7.19. The maximum Gasteiger partial charge on any atom is 0.338 e. The van der Waals surface area contributed by atoms with Crippen LogP contribution in [0.5, 0.6) is 0 Å². The Hall–Kier alpha value is -1.62. The zero-order valence-corrected chi connectivity index (χ0v) is 16.0. The van der Waals surface area contributed by atoms with E-state index in [1.165, 1.54) is 6.08 Å². The van der Waals surface area contributed by atoms with Gasteiger partial charge in [0.2, 0.25) is 5.79 Å². The second kappa shape index (κ2) is 5.16. The molecule has 2 saturated heterocycles. The third kappa shape index (κ3) is 1.69. The standard InChI is InChI=1S/C20H24O9/c1-7-4-10(21)13(23)17(3)9(7)5-11-18-6-28-20(27,16(17)18)12(22)8(2)19(18,26)14(24)15(25)29-11/h4,9,11-14,16,22-24,26-27H,2,5-6H2,1,3H3/t9?,11-,12-,13-,14+,16?,17-,18-,19+,20+/m1/s1. The van der Waals surface area contributed by atoms with Gasteiger partial charge >= 0.3 is 5.97 Å². The van der Waals surface area contributed by atoms with Gasteiger partial charge < -0.3 is 35.0 Å². The van der Waals surface area contributed by atoms with Crippen molar-refractivity contribution >= 4 is 11.8 Å². The number of carbonyl (C=O) groups is 2. The van der Waals surface area contributed by atoms with Crippen LogP contribution in [0.1, 0.15) is 20.3 Å². The van der Waals surface area contributed by atoms with E-state index in [0.717, 1.165) is 0 Å². The van der Waals surface area contributed by atoms with Crippen LogP contribution in [-0.2, 0) is 19.1 Å². The molecule has 0 amide bonds. The first kappa shape index (κ1) is 19.3. The predicted octanol–water partition coefficient (Wildman–Crippen LogP) is -1.83. The Kier molecular flexibility index (Phi) is 3.44. The largest absolute Gasteiger partial charge is 0.460 e. The summed E-state index contributed by atoms with van der Waals surface area (Å²) in [6.45, 7) is 6.62. The Bertz CT molecular complexity index is 896. The molecular weight excluding hydrogens is 384 g/mol. The molecule has 3 aliphatic carbocycles. The number of hydrogen-bond acceptors (Lipinski definition) is 9. The summed E-state index contributed by atoms with van der Waals surface area (Å²) < 4.78 is 11.1. The van der Waals surface area contributed by atoms with Crippen LogP contribution in [0.4, 0.5) is 0 Å². The Morgan fingerprint density at radius 3 is 2.45 bits per heavy atom. The first-order valence-corrected chi connectivity index (χ1v) is 9.63. The van der Waals surface area contributed by atoms with Crippen molar-refractivity contribution in [2.24, 2.45) is 22.7 Å². The molecule has 4 fully saturated rings. The normalized spacial score (nSPS) is 58.3. The summed E-state index contributed by atoms with van der Waals surface area (Å²) in [5.41, 5.74) is -5.06. The molecular formula is C20H24O9. The minimum Gasteiger partial charge on any atom is -0.460 e. The summed E-state index contributed by atoms with van der Waals surface area (Å²) in [7, 11) is 0. The number of hydrogen-bond donors (Lipinski definition) is 5.